The second kappa shape index (κ2) is 12.5. The van der Waals surface area contributed by atoms with Crippen LogP contribution in [0.4, 0.5) is 5.69 Å². The third-order valence-corrected chi connectivity index (χ3v) is 4.90. The molecule has 0 atom stereocenters. The van der Waals surface area contributed by atoms with Gasteiger partial charge in [-0.3, -0.25) is 9.59 Å². The van der Waals surface area contributed by atoms with E-state index in [2.05, 4.69) is 0 Å². The second-order valence-electron chi connectivity index (χ2n) is 5.95. The molecule has 2 aromatic carbocycles. The number of hydrogen-bond acceptors (Lipinski definition) is 6. The van der Waals surface area contributed by atoms with Gasteiger partial charge < -0.3 is 14.4 Å². The number of amides is 1. The maximum atomic E-state index is 12.6. The highest BCUT2D eigenvalue weighted by Gasteiger charge is 2.17. The van der Waals surface area contributed by atoms with Crippen LogP contribution in [0.2, 0.25) is 0 Å². The van der Waals surface area contributed by atoms with Crippen LogP contribution in [0.3, 0.4) is 0 Å². The standard InChI is InChI=1S/C22H24N2O4S/c1-2-27-19-11-9-18(10-12-19)24(15-6-14-23)21(25)17-28-22(26)13-16-29-20-7-4-3-5-8-20/h3-5,7-12H,2,6,13,15-17H2,1H3. The van der Waals surface area contributed by atoms with E-state index in [9.17, 15) is 9.59 Å². The number of rotatable bonds is 11. The van der Waals surface area contributed by atoms with Crippen molar-refractivity contribution in [2.24, 2.45) is 0 Å². The van der Waals surface area contributed by atoms with Gasteiger partial charge in [0.2, 0.25) is 0 Å². The zero-order valence-corrected chi connectivity index (χ0v) is 17.2. The van der Waals surface area contributed by atoms with Crippen LogP contribution in [0.15, 0.2) is 59.5 Å². The van der Waals surface area contributed by atoms with Crippen molar-refractivity contribution in [2.45, 2.75) is 24.7 Å². The third-order valence-electron chi connectivity index (χ3n) is 3.88. The summed E-state index contributed by atoms with van der Waals surface area (Å²) < 4.78 is 10.5. The lowest BCUT2D eigenvalue weighted by molar-refractivity contribution is -0.147. The Morgan fingerprint density at radius 2 is 1.83 bits per heavy atom. The van der Waals surface area contributed by atoms with E-state index < -0.39 is 5.97 Å². The van der Waals surface area contributed by atoms with Crippen molar-refractivity contribution >= 4 is 29.3 Å². The molecular weight excluding hydrogens is 388 g/mol. The molecule has 0 spiro atoms. The lowest BCUT2D eigenvalue weighted by Crippen LogP contribution is -2.35. The third kappa shape index (κ3) is 7.88. The fourth-order valence-electron chi connectivity index (χ4n) is 2.51. The van der Waals surface area contributed by atoms with Gasteiger partial charge in [-0.15, -0.1) is 11.8 Å². The Morgan fingerprint density at radius 1 is 1.10 bits per heavy atom. The fourth-order valence-corrected chi connectivity index (χ4v) is 3.36. The first kappa shape index (κ1) is 22.3. The topological polar surface area (TPSA) is 79.6 Å². The Kier molecular flexibility index (Phi) is 9.60. The minimum Gasteiger partial charge on any atom is -0.494 e. The van der Waals surface area contributed by atoms with E-state index in [0.29, 0.717) is 23.8 Å². The molecule has 0 aromatic heterocycles. The average Bonchev–Trinajstić information content (AvgIpc) is 2.74. The molecule has 152 valence electrons. The molecule has 0 aliphatic heterocycles. The lowest BCUT2D eigenvalue weighted by Gasteiger charge is -2.22. The molecule has 6 nitrogen and oxygen atoms in total. The van der Waals surface area contributed by atoms with Gasteiger partial charge in [0.05, 0.1) is 25.5 Å². The summed E-state index contributed by atoms with van der Waals surface area (Å²) in [4.78, 5) is 27.0. The number of esters is 1. The Bertz CT molecular complexity index is 819. The van der Waals surface area contributed by atoms with E-state index in [-0.39, 0.29) is 31.9 Å². The number of ether oxygens (including phenoxy) is 2. The van der Waals surface area contributed by atoms with Crippen LogP contribution in [-0.4, -0.2) is 37.4 Å². The summed E-state index contributed by atoms with van der Waals surface area (Å²) in [6.07, 6.45) is 0.398. The van der Waals surface area contributed by atoms with E-state index in [0.717, 1.165) is 4.90 Å². The van der Waals surface area contributed by atoms with Crippen molar-refractivity contribution in [3.8, 4) is 11.8 Å². The molecule has 0 bridgehead atoms. The maximum Gasteiger partial charge on any atom is 0.307 e. The highest BCUT2D eigenvalue weighted by Crippen LogP contribution is 2.21. The lowest BCUT2D eigenvalue weighted by atomic mass is 10.2. The molecule has 0 radical (unpaired) electrons. The molecule has 0 heterocycles. The Labute approximate surface area is 175 Å². The summed E-state index contributed by atoms with van der Waals surface area (Å²) in [6.45, 7) is 2.32. The zero-order valence-electron chi connectivity index (χ0n) is 16.4. The van der Waals surface area contributed by atoms with Gasteiger partial charge in [-0.2, -0.15) is 5.26 Å². The van der Waals surface area contributed by atoms with E-state index in [1.54, 1.807) is 36.0 Å². The van der Waals surface area contributed by atoms with Crippen molar-refractivity contribution < 1.29 is 19.1 Å². The van der Waals surface area contributed by atoms with Gasteiger partial charge in [0, 0.05) is 22.9 Å². The smallest absolute Gasteiger partial charge is 0.307 e. The summed E-state index contributed by atoms with van der Waals surface area (Å²) in [5, 5.41) is 8.87. The van der Waals surface area contributed by atoms with E-state index in [1.807, 2.05) is 43.3 Å². The number of hydrogen-bond donors (Lipinski definition) is 0. The number of nitriles is 1. The molecule has 0 fully saturated rings. The molecular formula is C22H24N2O4S. The molecule has 0 saturated carbocycles. The fraction of sp³-hybridized carbons (Fsp3) is 0.318. The number of nitrogens with zero attached hydrogens (tertiary/aromatic N) is 2. The summed E-state index contributed by atoms with van der Waals surface area (Å²) in [6, 6.07) is 18.8. The Hall–Kier alpha value is -2.98. The van der Waals surface area contributed by atoms with E-state index in [4.69, 9.17) is 14.7 Å². The molecule has 0 unspecified atom stereocenters. The molecule has 0 aliphatic rings. The minimum atomic E-state index is -0.422. The van der Waals surface area contributed by atoms with Crippen LogP contribution in [0.25, 0.3) is 0 Å². The normalized spacial score (nSPS) is 10.1. The van der Waals surface area contributed by atoms with Crippen LogP contribution < -0.4 is 9.64 Å². The highest BCUT2D eigenvalue weighted by atomic mass is 32.2. The van der Waals surface area contributed by atoms with Crippen LogP contribution in [0, 0.1) is 11.3 Å². The average molecular weight is 413 g/mol. The van der Waals surface area contributed by atoms with Crippen molar-refractivity contribution in [3.05, 3.63) is 54.6 Å². The van der Waals surface area contributed by atoms with Gasteiger partial charge in [-0.05, 0) is 43.3 Å². The van der Waals surface area contributed by atoms with Crippen molar-refractivity contribution in [1.29, 1.82) is 5.26 Å². The molecule has 0 aliphatic carbocycles. The quantitative estimate of drug-likeness (QED) is 0.409. The summed E-state index contributed by atoms with van der Waals surface area (Å²) >= 11 is 1.56. The molecule has 0 N–H and O–H groups in total. The van der Waals surface area contributed by atoms with Gasteiger partial charge in [0.25, 0.3) is 5.91 Å². The monoisotopic (exact) mass is 412 g/mol. The van der Waals surface area contributed by atoms with Gasteiger partial charge >= 0.3 is 5.97 Å². The molecule has 29 heavy (non-hydrogen) atoms. The molecule has 2 rings (SSSR count). The number of carbonyl (C=O) groups excluding carboxylic acids is 2. The summed E-state index contributed by atoms with van der Waals surface area (Å²) in [7, 11) is 0. The first-order chi connectivity index (χ1) is 14.1. The van der Waals surface area contributed by atoms with Crippen molar-refractivity contribution in [1.82, 2.24) is 0 Å². The van der Waals surface area contributed by atoms with Gasteiger partial charge in [0.15, 0.2) is 6.61 Å². The molecule has 0 saturated heterocycles. The summed E-state index contributed by atoms with van der Waals surface area (Å²) in [5.74, 6) is 0.488. The minimum absolute atomic E-state index is 0.181. The Morgan fingerprint density at radius 3 is 2.48 bits per heavy atom. The van der Waals surface area contributed by atoms with Crippen molar-refractivity contribution in [2.75, 3.05) is 30.4 Å². The highest BCUT2D eigenvalue weighted by molar-refractivity contribution is 7.99. The SMILES string of the molecule is CCOc1ccc(N(CCC#N)C(=O)COC(=O)CCSc2ccccc2)cc1. The molecule has 7 heteroatoms. The van der Waals surface area contributed by atoms with Gasteiger partial charge in [-0.25, -0.2) is 0 Å². The van der Waals surface area contributed by atoms with E-state index in [1.165, 1.54) is 4.90 Å². The van der Waals surface area contributed by atoms with Gasteiger partial charge in [0.1, 0.15) is 5.75 Å². The van der Waals surface area contributed by atoms with Crippen LogP contribution in [0.5, 0.6) is 5.75 Å². The van der Waals surface area contributed by atoms with Gasteiger partial charge in [-0.1, -0.05) is 18.2 Å². The predicted molar refractivity (Wildman–Crippen MR) is 113 cm³/mol. The number of anilines is 1. The number of thioether (sulfide) groups is 1. The zero-order chi connectivity index (χ0) is 20.9. The Balaban J connectivity index is 1.85. The second-order valence-corrected chi connectivity index (χ2v) is 7.12. The predicted octanol–water partition coefficient (Wildman–Crippen LogP) is 4.06. The number of carbonyl (C=O) groups is 2. The largest absolute Gasteiger partial charge is 0.494 e. The number of benzene rings is 2. The van der Waals surface area contributed by atoms with E-state index >= 15 is 0 Å². The molecule has 1 amide bonds. The van der Waals surface area contributed by atoms with Crippen LogP contribution >= 0.6 is 11.8 Å². The maximum absolute atomic E-state index is 12.6. The first-order valence-electron chi connectivity index (χ1n) is 9.37. The van der Waals surface area contributed by atoms with Crippen molar-refractivity contribution in [3.63, 3.8) is 0 Å². The first-order valence-corrected chi connectivity index (χ1v) is 10.4. The summed E-state index contributed by atoms with van der Waals surface area (Å²) in [5.41, 5.74) is 0.629. The van der Waals surface area contributed by atoms with Crippen LogP contribution in [0.1, 0.15) is 19.8 Å². The van der Waals surface area contributed by atoms with Crippen LogP contribution in [-0.2, 0) is 14.3 Å². The molecule has 2 aromatic rings.